The Bertz CT molecular complexity index is 1070. The fourth-order valence-corrected chi connectivity index (χ4v) is 4.20. The van der Waals surface area contributed by atoms with Crippen molar-refractivity contribution in [2.24, 2.45) is 0 Å². The monoisotopic (exact) mass is 459 g/mol. The third-order valence-electron chi connectivity index (χ3n) is 6.19. The minimum absolute atomic E-state index is 0.181. The predicted molar refractivity (Wildman–Crippen MR) is 134 cm³/mol. The highest BCUT2D eigenvalue weighted by molar-refractivity contribution is 6.04. The molecule has 0 aliphatic carbocycles. The second-order valence-electron chi connectivity index (χ2n) is 8.70. The number of likely N-dealkylation sites (tertiary alicyclic amines) is 1. The largest absolute Gasteiger partial charge is 0.490 e. The zero-order valence-corrected chi connectivity index (χ0v) is 20.0. The Hall–Kier alpha value is -3.38. The van der Waals surface area contributed by atoms with Gasteiger partial charge >= 0.3 is 0 Å². The van der Waals surface area contributed by atoms with Crippen molar-refractivity contribution >= 4 is 11.6 Å². The van der Waals surface area contributed by atoms with E-state index in [1.54, 1.807) is 30.6 Å². The van der Waals surface area contributed by atoms with Crippen LogP contribution in [0.25, 0.3) is 0 Å². The van der Waals surface area contributed by atoms with Crippen molar-refractivity contribution in [1.29, 1.82) is 0 Å². The number of ether oxygens (including phenoxy) is 2. The van der Waals surface area contributed by atoms with E-state index in [1.165, 1.54) is 24.8 Å². The van der Waals surface area contributed by atoms with Gasteiger partial charge in [-0.15, -0.1) is 0 Å². The number of carbonyl (C=O) groups excluding carboxylic acids is 1. The van der Waals surface area contributed by atoms with E-state index in [-0.39, 0.29) is 5.91 Å². The summed E-state index contributed by atoms with van der Waals surface area (Å²) in [6.07, 6.45) is 7.33. The number of aromatic nitrogens is 1. The Labute approximate surface area is 201 Å². The Morgan fingerprint density at radius 3 is 2.53 bits per heavy atom. The third-order valence-corrected chi connectivity index (χ3v) is 6.19. The molecule has 3 aromatic rings. The molecule has 178 valence electrons. The quantitative estimate of drug-likeness (QED) is 0.446. The van der Waals surface area contributed by atoms with Gasteiger partial charge in [-0.05, 0) is 86.8 Å². The Balaban J connectivity index is 1.38. The molecule has 0 bridgehead atoms. The van der Waals surface area contributed by atoms with Crippen LogP contribution in [0.2, 0.25) is 0 Å². The van der Waals surface area contributed by atoms with Gasteiger partial charge in [0, 0.05) is 36.2 Å². The van der Waals surface area contributed by atoms with Crippen molar-refractivity contribution in [3.63, 3.8) is 0 Å². The van der Waals surface area contributed by atoms with E-state index in [0.717, 1.165) is 24.3 Å². The third kappa shape index (κ3) is 6.35. The molecule has 1 aliphatic rings. The molecule has 0 saturated carbocycles. The van der Waals surface area contributed by atoms with Crippen molar-refractivity contribution in [3.8, 4) is 11.5 Å². The first-order valence-corrected chi connectivity index (χ1v) is 12.1. The molecule has 4 rings (SSSR count). The van der Waals surface area contributed by atoms with Gasteiger partial charge in [0.1, 0.15) is 6.61 Å². The lowest BCUT2D eigenvalue weighted by Crippen LogP contribution is -2.36. The molecule has 1 fully saturated rings. The summed E-state index contributed by atoms with van der Waals surface area (Å²) >= 11 is 0. The van der Waals surface area contributed by atoms with Crippen molar-refractivity contribution in [1.82, 2.24) is 9.88 Å². The van der Waals surface area contributed by atoms with E-state index in [2.05, 4.69) is 34.3 Å². The van der Waals surface area contributed by atoms with Crippen LogP contribution in [-0.2, 0) is 13.2 Å². The zero-order valence-electron chi connectivity index (χ0n) is 20.0. The predicted octanol–water partition coefficient (Wildman–Crippen LogP) is 5.69. The summed E-state index contributed by atoms with van der Waals surface area (Å²) in [6, 6.07) is 17.8. The average Bonchev–Trinajstić information content (AvgIpc) is 2.86. The minimum Gasteiger partial charge on any atom is -0.490 e. The first kappa shape index (κ1) is 23.8. The van der Waals surface area contributed by atoms with Crippen LogP contribution < -0.4 is 14.8 Å². The standard InChI is InChI=1S/C28H33N3O3/c1-3-33-27-18-24(9-12-26(27)34-20-23-13-15-29-16-14-23)28(32)30-25-10-7-22(8-11-25)19-31-17-5-4-6-21(31)2/h7-16,18,21H,3-6,17,19-20H2,1-2H3,(H,30,32). The van der Waals surface area contributed by atoms with Crippen LogP contribution >= 0.6 is 0 Å². The number of piperidine rings is 1. The number of carbonyl (C=O) groups is 1. The molecule has 34 heavy (non-hydrogen) atoms. The lowest BCUT2D eigenvalue weighted by atomic mass is 10.0. The minimum atomic E-state index is -0.181. The molecule has 1 unspecified atom stereocenters. The van der Waals surface area contributed by atoms with Gasteiger partial charge in [-0.2, -0.15) is 0 Å². The van der Waals surface area contributed by atoms with E-state index < -0.39 is 0 Å². The van der Waals surface area contributed by atoms with Gasteiger partial charge in [0.05, 0.1) is 6.61 Å². The normalized spacial score (nSPS) is 16.1. The Kier molecular flexibility index (Phi) is 8.15. The van der Waals surface area contributed by atoms with Crippen molar-refractivity contribution < 1.29 is 14.3 Å². The molecule has 1 amide bonds. The summed E-state index contributed by atoms with van der Waals surface area (Å²) in [6.45, 7) is 7.20. The van der Waals surface area contributed by atoms with E-state index in [4.69, 9.17) is 9.47 Å². The molecule has 1 aliphatic heterocycles. The highest BCUT2D eigenvalue weighted by Crippen LogP contribution is 2.30. The van der Waals surface area contributed by atoms with Gasteiger partial charge in [0.15, 0.2) is 11.5 Å². The first-order chi connectivity index (χ1) is 16.6. The summed E-state index contributed by atoms with van der Waals surface area (Å²) in [5, 5.41) is 2.99. The van der Waals surface area contributed by atoms with Crippen LogP contribution in [0, 0.1) is 0 Å². The number of amides is 1. The highest BCUT2D eigenvalue weighted by Gasteiger charge is 2.18. The number of benzene rings is 2. The van der Waals surface area contributed by atoms with Gasteiger partial charge in [-0.1, -0.05) is 18.6 Å². The van der Waals surface area contributed by atoms with Crippen LogP contribution in [0.3, 0.4) is 0 Å². The molecular formula is C28H33N3O3. The SMILES string of the molecule is CCOc1cc(C(=O)Nc2ccc(CN3CCCCC3C)cc2)ccc1OCc1ccncc1. The van der Waals surface area contributed by atoms with Gasteiger partial charge in [0.25, 0.3) is 5.91 Å². The number of hydrogen-bond acceptors (Lipinski definition) is 5. The van der Waals surface area contributed by atoms with Crippen molar-refractivity contribution in [2.45, 2.75) is 52.3 Å². The molecule has 1 saturated heterocycles. The fourth-order valence-electron chi connectivity index (χ4n) is 4.20. The molecule has 6 heteroatoms. The number of pyridine rings is 1. The summed E-state index contributed by atoms with van der Waals surface area (Å²) < 4.78 is 11.7. The smallest absolute Gasteiger partial charge is 0.255 e. The summed E-state index contributed by atoms with van der Waals surface area (Å²) in [7, 11) is 0. The number of anilines is 1. The number of nitrogens with one attached hydrogen (secondary N) is 1. The second-order valence-corrected chi connectivity index (χ2v) is 8.70. The lowest BCUT2D eigenvalue weighted by Gasteiger charge is -2.33. The van der Waals surface area contributed by atoms with Gasteiger partial charge in [-0.25, -0.2) is 0 Å². The Morgan fingerprint density at radius 2 is 1.79 bits per heavy atom. The van der Waals surface area contributed by atoms with E-state index in [1.807, 2.05) is 31.2 Å². The fraction of sp³-hybridized carbons (Fsp3) is 0.357. The molecule has 1 aromatic heterocycles. The molecule has 2 heterocycles. The maximum absolute atomic E-state index is 12.9. The van der Waals surface area contributed by atoms with Crippen LogP contribution in [0.5, 0.6) is 11.5 Å². The van der Waals surface area contributed by atoms with E-state index in [0.29, 0.717) is 36.3 Å². The van der Waals surface area contributed by atoms with Crippen LogP contribution in [-0.4, -0.2) is 35.0 Å². The summed E-state index contributed by atoms with van der Waals surface area (Å²) in [4.78, 5) is 19.4. The van der Waals surface area contributed by atoms with Crippen molar-refractivity contribution in [2.75, 3.05) is 18.5 Å². The lowest BCUT2D eigenvalue weighted by molar-refractivity contribution is 0.102. The highest BCUT2D eigenvalue weighted by atomic mass is 16.5. The number of rotatable bonds is 9. The molecule has 0 spiro atoms. The average molecular weight is 460 g/mol. The van der Waals surface area contributed by atoms with E-state index in [9.17, 15) is 4.79 Å². The molecule has 1 atom stereocenters. The summed E-state index contributed by atoms with van der Waals surface area (Å²) in [5.74, 6) is 0.973. The topological polar surface area (TPSA) is 63.7 Å². The molecule has 1 N–H and O–H groups in total. The maximum atomic E-state index is 12.9. The van der Waals surface area contributed by atoms with Gasteiger partial charge in [0.2, 0.25) is 0 Å². The van der Waals surface area contributed by atoms with Crippen LogP contribution in [0.15, 0.2) is 67.0 Å². The molecular weight excluding hydrogens is 426 g/mol. The molecule has 2 aromatic carbocycles. The van der Waals surface area contributed by atoms with Crippen molar-refractivity contribution in [3.05, 3.63) is 83.7 Å². The number of nitrogens with zero attached hydrogens (tertiary/aromatic N) is 2. The Morgan fingerprint density at radius 1 is 1.00 bits per heavy atom. The van der Waals surface area contributed by atoms with Crippen LogP contribution in [0.4, 0.5) is 5.69 Å². The second kappa shape index (κ2) is 11.7. The maximum Gasteiger partial charge on any atom is 0.255 e. The van der Waals surface area contributed by atoms with Crippen LogP contribution in [0.1, 0.15) is 54.6 Å². The summed E-state index contributed by atoms with van der Waals surface area (Å²) in [5.41, 5.74) is 3.57. The van der Waals surface area contributed by atoms with Gasteiger partial charge < -0.3 is 14.8 Å². The van der Waals surface area contributed by atoms with Gasteiger partial charge in [-0.3, -0.25) is 14.7 Å². The first-order valence-electron chi connectivity index (χ1n) is 12.1. The number of hydrogen-bond donors (Lipinski definition) is 1. The van der Waals surface area contributed by atoms with E-state index >= 15 is 0 Å². The molecule has 6 nitrogen and oxygen atoms in total. The zero-order chi connectivity index (χ0) is 23.8. The molecule has 0 radical (unpaired) electrons.